The Labute approximate surface area is 144 Å². The summed E-state index contributed by atoms with van der Waals surface area (Å²) >= 11 is 0. The van der Waals surface area contributed by atoms with Crippen molar-refractivity contribution in [1.82, 2.24) is 4.90 Å². The van der Waals surface area contributed by atoms with Crippen molar-refractivity contribution < 1.29 is 55.9 Å². The van der Waals surface area contributed by atoms with Crippen LogP contribution in [0.4, 0.5) is 0 Å². The first-order valence-corrected chi connectivity index (χ1v) is 7.46. The molecular weight excluding hydrogens is 346 g/mol. The Morgan fingerprint density at radius 2 is 1.12 bits per heavy atom. The Morgan fingerprint density at radius 1 is 0.720 bits per heavy atom. The third kappa shape index (κ3) is 11.3. The van der Waals surface area contributed by atoms with Crippen LogP contribution < -0.4 is 0 Å². The highest BCUT2D eigenvalue weighted by atomic mass is 16.4. The number of hydrogen-bond acceptors (Lipinski definition) is 11. The fourth-order valence-electron chi connectivity index (χ4n) is 1.63. The number of rotatable bonds is 12. The van der Waals surface area contributed by atoms with Gasteiger partial charge in [-0.3, -0.25) is 4.90 Å². The highest BCUT2D eigenvalue weighted by molar-refractivity contribution is 5.72. The molecule has 5 atom stereocenters. The second-order valence-corrected chi connectivity index (χ2v) is 5.02. The van der Waals surface area contributed by atoms with Gasteiger partial charge in [0.05, 0.1) is 26.4 Å². The minimum atomic E-state index is -2.29. The zero-order valence-corrected chi connectivity index (χ0v) is 13.7. The lowest BCUT2D eigenvalue weighted by atomic mass is 9.99. The molecule has 0 saturated heterocycles. The maximum Gasteiger partial charge on any atom is 0.335 e. The average Bonchev–Trinajstić information content (AvgIpc) is 2.59. The van der Waals surface area contributed by atoms with Crippen LogP contribution in [0.5, 0.6) is 0 Å². The van der Waals surface area contributed by atoms with Gasteiger partial charge in [-0.2, -0.15) is 0 Å². The molecule has 0 rings (SSSR count). The number of aliphatic hydroxyl groups excluding tert-OH is 9. The highest BCUT2D eigenvalue weighted by Crippen LogP contribution is 2.08. The lowest BCUT2D eigenvalue weighted by Crippen LogP contribution is -2.51. The number of aliphatic hydroxyl groups is 9. The van der Waals surface area contributed by atoms with Gasteiger partial charge in [0.2, 0.25) is 0 Å². The second-order valence-electron chi connectivity index (χ2n) is 5.02. The smallest absolute Gasteiger partial charge is 0.335 e. The van der Waals surface area contributed by atoms with E-state index >= 15 is 0 Å². The molecule has 0 aliphatic rings. The van der Waals surface area contributed by atoms with E-state index in [0.29, 0.717) is 19.6 Å². The molecule has 0 fully saturated rings. The molecule has 0 amide bonds. The molecule has 0 heterocycles. The Hall–Kier alpha value is -0.930. The molecule has 152 valence electrons. The molecule has 0 bridgehead atoms. The maximum atomic E-state index is 10.2. The van der Waals surface area contributed by atoms with Gasteiger partial charge in [0.1, 0.15) is 24.4 Å². The monoisotopic (exact) mass is 375 g/mol. The van der Waals surface area contributed by atoms with E-state index in [0.717, 1.165) is 0 Å². The predicted molar refractivity (Wildman–Crippen MR) is 82.5 cm³/mol. The van der Waals surface area contributed by atoms with Crippen molar-refractivity contribution in [3.8, 4) is 0 Å². The van der Waals surface area contributed by atoms with E-state index in [-0.39, 0.29) is 19.8 Å². The normalized spacial score (nSPS) is 17.2. The van der Waals surface area contributed by atoms with Crippen molar-refractivity contribution in [3.63, 3.8) is 0 Å². The largest absolute Gasteiger partial charge is 0.479 e. The van der Waals surface area contributed by atoms with E-state index in [1.54, 1.807) is 4.90 Å². The zero-order chi connectivity index (χ0) is 20.0. The van der Waals surface area contributed by atoms with Gasteiger partial charge in [-0.1, -0.05) is 0 Å². The molecule has 0 saturated carbocycles. The standard InChI is InChI=1S/C7H14O8.C6H15NO3/c8-1-2(9)3(10)4(11)5(12)6(13)7(14)15;8-4-1-7(2-5-9)3-6-10/h2-6,8-13H,1H2,(H,14,15);8-10H,1-6H2/t2-,3+,4-,5-,6-;/m1./s1. The molecule has 0 aromatic carbocycles. The molecule has 0 aliphatic carbocycles. The molecule has 0 spiro atoms. The van der Waals surface area contributed by atoms with Crippen LogP contribution in [0.25, 0.3) is 0 Å². The maximum absolute atomic E-state index is 10.2. The van der Waals surface area contributed by atoms with Crippen LogP contribution in [0.2, 0.25) is 0 Å². The van der Waals surface area contributed by atoms with Crippen LogP contribution in [0, 0.1) is 0 Å². The lowest BCUT2D eigenvalue weighted by molar-refractivity contribution is -0.169. The van der Waals surface area contributed by atoms with Gasteiger partial charge in [0.25, 0.3) is 0 Å². The third-order valence-corrected chi connectivity index (χ3v) is 3.11. The molecule has 0 aliphatic heterocycles. The third-order valence-electron chi connectivity index (χ3n) is 3.11. The van der Waals surface area contributed by atoms with Gasteiger partial charge in [0, 0.05) is 19.6 Å². The number of nitrogens with zero attached hydrogens (tertiary/aromatic N) is 1. The van der Waals surface area contributed by atoms with Crippen LogP contribution in [0.3, 0.4) is 0 Å². The molecule has 0 radical (unpaired) electrons. The quantitative estimate of drug-likeness (QED) is 0.154. The summed E-state index contributed by atoms with van der Waals surface area (Å²) in [5, 5.41) is 87.0. The Balaban J connectivity index is 0. The molecule has 0 aromatic rings. The summed E-state index contributed by atoms with van der Waals surface area (Å²) in [7, 11) is 0. The van der Waals surface area contributed by atoms with E-state index in [9.17, 15) is 4.79 Å². The van der Waals surface area contributed by atoms with Crippen molar-refractivity contribution >= 4 is 5.97 Å². The number of hydrogen-bond donors (Lipinski definition) is 10. The number of carboxylic acids is 1. The van der Waals surface area contributed by atoms with Crippen LogP contribution in [-0.4, -0.2) is 139 Å². The van der Waals surface area contributed by atoms with Crippen LogP contribution >= 0.6 is 0 Å². The van der Waals surface area contributed by atoms with Gasteiger partial charge in [0.15, 0.2) is 6.10 Å². The molecule has 10 N–H and O–H groups in total. The highest BCUT2D eigenvalue weighted by Gasteiger charge is 2.36. The summed E-state index contributed by atoms with van der Waals surface area (Å²) in [5.41, 5.74) is 0. The van der Waals surface area contributed by atoms with Crippen molar-refractivity contribution in [1.29, 1.82) is 0 Å². The molecular formula is C13H29NO11. The molecule has 0 unspecified atom stereocenters. The number of aliphatic carboxylic acids is 1. The first-order valence-electron chi connectivity index (χ1n) is 7.46. The van der Waals surface area contributed by atoms with Gasteiger partial charge in [-0.15, -0.1) is 0 Å². The van der Waals surface area contributed by atoms with Crippen molar-refractivity contribution in [2.45, 2.75) is 30.5 Å². The van der Waals surface area contributed by atoms with E-state index in [1.807, 2.05) is 0 Å². The first kappa shape index (κ1) is 26.3. The van der Waals surface area contributed by atoms with Crippen LogP contribution in [0.1, 0.15) is 0 Å². The summed E-state index contributed by atoms with van der Waals surface area (Å²) < 4.78 is 0. The van der Waals surface area contributed by atoms with E-state index in [4.69, 9.17) is 51.1 Å². The first-order chi connectivity index (χ1) is 11.7. The van der Waals surface area contributed by atoms with Crippen molar-refractivity contribution in [2.24, 2.45) is 0 Å². The predicted octanol–water partition coefficient (Wildman–Crippen LogP) is -5.87. The summed E-state index contributed by atoms with van der Waals surface area (Å²) in [6.45, 7) is 0.872. The second kappa shape index (κ2) is 15.3. The Bertz CT molecular complexity index is 319. The Morgan fingerprint density at radius 3 is 1.40 bits per heavy atom. The summed E-state index contributed by atoms with van der Waals surface area (Å²) in [6.07, 6.45) is -10.2. The van der Waals surface area contributed by atoms with Crippen molar-refractivity contribution in [2.75, 3.05) is 46.1 Å². The van der Waals surface area contributed by atoms with E-state index < -0.39 is 43.1 Å². The average molecular weight is 375 g/mol. The SMILES string of the molecule is O=C(O)[C@H](O)[C@H](O)[C@H](O)[C@@H](O)[C@H](O)CO.OCCN(CCO)CCO. The number of carboxylic acid groups (broad SMARTS) is 1. The topological polar surface area (TPSA) is 223 Å². The molecule has 25 heavy (non-hydrogen) atoms. The Kier molecular flexibility index (Phi) is 16.1. The van der Waals surface area contributed by atoms with Gasteiger partial charge in [-0.25, -0.2) is 4.79 Å². The van der Waals surface area contributed by atoms with Crippen LogP contribution in [-0.2, 0) is 4.79 Å². The van der Waals surface area contributed by atoms with Crippen LogP contribution in [0.15, 0.2) is 0 Å². The summed E-state index contributed by atoms with van der Waals surface area (Å²) in [5.74, 6) is -1.78. The molecule has 12 heteroatoms. The van der Waals surface area contributed by atoms with Crippen molar-refractivity contribution in [3.05, 3.63) is 0 Å². The minimum Gasteiger partial charge on any atom is -0.479 e. The summed E-state index contributed by atoms with van der Waals surface area (Å²) in [6, 6.07) is 0. The number of carbonyl (C=O) groups is 1. The molecule has 0 aromatic heterocycles. The van der Waals surface area contributed by atoms with Gasteiger partial charge < -0.3 is 51.1 Å². The molecule has 12 nitrogen and oxygen atoms in total. The van der Waals surface area contributed by atoms with Gasteiger partial charge >= 0.3 is 5.97 Å². The fourth-order valence-corrected chi connectivity index (χ4v) is 1.63. The lowest BCUT2D eigenvalue weighted by Gasteiger charge is -2.26. The summed E-state index contributed by atoms with van der Waals surface area (Å²) in [4.78, 5) is 12.0. The van der Waals surface area contributed by atoms with E-state index in [2.05, 4.69) is 0 Å². The fraction of sp³-hybridized carbons (Fsp3) is 0.923. The zero-order valence-electron chi connectivity index (χ0n) is 13.7. The van der Waals surface area contributed by atoms with E-state index in [1.165, 1.54) is 0 Å². The van der Waals surface area contributed by atoms with Gasteiger partial charge in [-0.05, 0) is 0 Å². The minimum absolute atomic E-state index is 0.0694.